The minimum Gasteiger partial charge on any atom is -0.465 e. The van der Waals surface area contributed by atoms with Crippen molar-refractivity contribution in [1.82, 2.24) is 4.98 Å². The summed E-state index contributed by atoms with van der Waals surface area (Å²) in [4.78, 5) is 19.4. The second kappa shape index (κ2) is 12.5. The number of benzene rings is 1. The van der Waals surface area contributed by atoms with Crippen molar-refractivity contribution in [2.75, 3.05) is 43.2 Å². The first-order chi connectivity index (χ1) is 16.7. The number of morpholine rings is 1. The van der Waals surface area contributed by atoms with Gasteiger partial charge in [0.05, 0.1) is 32.0 Å². The topological polar surface area (TPSA) is 76.1 Å². The van der Waals surface area contributed by atoms with E-state index in [0.29, 0.717) is 12.4 Å². The van der Waals surface area contributed by atoms with E-state index in [2.05, 4.69) is 40.5 Å². The molecule has 2 heterocycles. The van der Waals surface area contributed by atoms with Crippen LogP contribution in [0.15, 0.2) is 41.5 Å². The van der Waals surface area contributed by atoms with Crippen LogP contribution in [0.1, 0.15) is 55.3 Å². The van der Waals surface area contributed by atoms with E-state index in [1.54, 1.807) is 6.21 Å². The van der Waals surface area contributed by atoms with Gasteiger partial charge >= 0.3 is 5.97 Å². The predicted molar refractivity (Wildman–Crippen MR) is 136 cm³/mol. The van der Waals surface area contributed by atoms with E-state index >= 15 is 0 Å². The molecule has 0 atom stereocenters. The van der Waals surface area contributed by atoms with Gasteiger partial charge in [0.15, 0.2) is 0 Å². The number of nitrogens with zero attached hydrogens (tertiary/aromatic N) is 3. The van der Waals surface area contributed by atoms with Crippen molar-refractivity contribution in [2.24, 2.45) is 11.0 Å². The molecule has 0 spiro atoms. The maximum atomic E-state index is 12.3. The van der Waals surface area contributed by atoms with Gasteiger partial charge in [0.25, 0.3) is 0 Å². The zero-order valence-corrected chi connectivity index (χ0v) is 20.2. The molecule has 0 amide bonds. The minimum atomic E-state index is -0.0254. The zero-order valence-electron chi connectivity index (χ0n) is 20.2. The number of nitrogens with one attached hydrogen (secondary N) is 1. The van der Waals surface area contributed by atoms with Crippen LogP contribution in [0.4, 0.5) is 11.5 Å². The number of aryl methyl sites for hydroxylation is 2. The number of pyridine rings is 1. The van der Waals surface area contributed by atoms with Crippen molar-refractivity contribution in [3.8, 4) is 0 Å². The smallest absolute Gasteiger partial charge is 0.308 e. The number of hydrogen-bond donors (Lipinski definition) is 1. The normalized spacial score (nSPS) is 17.1. The molecule has 34 heavy (non-hydrogen) atoms. The van der Waals surface area contributed by atoms with Gasteiger partial charge in [-0.1, -0.05) is 49.1 Å². The van der Waals surface area contributed by atoms with Crippen LogP contribution in [0.2, 0.25) is 0 Å². The van der Waals surface area contributed by atoms with Crippen molar-refractivity contribution in [1.29, 1.82) is 0 Å². The molecule has 4 rings (SSSR count). The van der Waals surface area contributed by atoms with Crippen molar-refractivity contribution in [3.05, 3.63) is 53.2 Å². The summed E-state index contributed by atoms with van der Waals surface area (Å²) in [6.45, 7) is 5.67. The highest BCUT2D eigenvalue weighted by Crippen LogP contribution is 2.25. The van der Waals surface area contributed by atoms with Gasteiger partial charge in [-0.05, 0) is 44.2 Å². The summed E-state index contributed by atoms with van der Waals surface area (Å²) in [5, 5.41) is 4.40. The number of aromatic nitrogens is 1. The number of anilines is 2. The minimum absolute atomic E-state index is 0.0254. The third-order valence-corrected chi connectivity index (χ3v) is 6.43. The molecular weight excluding hydrogens is 428 g/mol. The van der Waals surface area contributed by atoms with Crippen LogP contribution in [-0.2, 0) is 20.7 Å². The van der Waals surface area contributed by atoms with Crippen LogP contribution in [0.25, 0.3) is 0 Å². The van der Waals surface area contributed by atoms with E-state index in [4.69, 9.17) is 14.5 Å². The van der Waals surface area contributed by atoms with Gasteiger partial charge in [-0.2, -0.15) is 5.10 Å². The Hall–Kier alpha value is -2.93. The third kappa shape index (κ3) is 7.29. The lowest BCUT2D eigenvalue weighted by atomic mass is 9.89. The predicted octanol–water partition coefficient (Wildman–Crippen LogP) is 4.73. The Bertz CT molecular complexity index is 966. The Labute approximate surface area is 202 Å². The Morgan fingerprint density at radius 2 is 2.03 bits per heavy atom. The van der Waals surface area contributed by atoms with Crippen LogP contribution in [-0.4, -0.2) is 50.1 Å². The molecule has 182 valence electrons. The van der Waals surface area contributed by atoms with Gasteiger partial charge in [-0.25, -0.2) is 4.98 Å². The Morgan fingerprint density at radius 1 is 1.21 bits per heavy atom. The number of carbonyl (C=O) groups excluding carboxylic acids is 1. The number of rotatable bonds is 9. The number of esters is 1. The van der Waals surface area contributed by atoms with E-state index in [0.717, 1.165) is 81.8 Å². The molecule has 1 saturated heterocycles. The number of carbonyl (C=O) groups is 1. The van der Waals surface area contributed by atoms with Crippen LogP contribution in [0.3, 0.4) is 0 Å². The molecule has 1 aliphatic heterocycles. The van der Waals surface area contributed by atoms with Crippen molar-refractivity contribution in [3.63, 3.8) is 0 Å². The van der Waals surface area contributed by atoms with Crippen molar-refractivity contribution < 1.29 is 14.3 Å². The van der Waals surface area contributed by atoms with E-state index in [9.17, 15) is 4.79 Å². The van der Waals surface area contributed by atoms with Gasteiger partial charge in [-0.3, -0.25) is 10.2 Å². The lowest BCUT2D eigenvalue weighted by Crippen LogP contribution is -2.36. The summed E-state index contributed by atoms with van der Waals surface area (Å²) in [5.74, 6) is 0.781. The molecule has 1 N–H and O–H groups in total. The molecule has 2 fully saturated rings. The van der Waals surface area contributed by atoms with Crippen LogP contribution < -0.4 is 10.3 Å². The van der Waals surface area contributed by atoms with E-state index in [1.165, 1.54) is 12.0 Å². The molecule has 2 aromatic rings. The monoisotopic (exact) mass is 464 g/mol. The Kier molecular flexibility index (Phi) is 8.90. The summed E-state index contributed by atoms with van der Waals surface area (Å²) >= 11 is 0. The molecule has 0 unspecified atom stereocenters. The summed E-state index contributed by atoms with van der Waals surface area (Å²) in [6.07, 6.45) is 8.76. The molecule has 2 aliphatic rings. The van der Waals surface area contributed by atoms with Gasteiger partial charge in [-0.15, -0.1) is 0 Å². The largest absolute Gasteiger partial charge is 0.465 e. The quantitative estimate of drug-likeness (QED) is 0.250. The summed E-state index contributed by atoms with van der Waals surface area (Å²) in [5.41, 5.74) is 7.41. The fourth-order valence-corrected chi connectivity index (χ4v) is 4.57. The number of hydrazone groups is 1. The fraction of sp³-hybridized carbons (Fsp3) is 0.519. The summed E-state index contributed by atoms with van der Waals surface area (Å²) < 4.78 is 11.1. The van der Waals surface area contributed by atoms with Gasteiger partial charge in [0.1, 0.15) is 5.82 Å². The Balaban J connectivity index is 1.37. The van der Waals surface area contributed by atoms with Gasteiger partial charge < -0.3 is 14.4 Å². The molecule has 1 aliphatic carbocycles. The summed E-state index contributed by atoms with van der Waals surface area (Å²) in [6, 6.07) is 12.4. The molecule has 1 saturated carbocycles. The maximum absolute atomic E-state index is 12.3. The second-order valence-electron chi connectivity index (χ2n) is 9.19. The average Bonchev–Trinajstić information content (AvgIpc) is 2.87. The van der Waals surface area contributed by atoms with Crippen molar-refractivity contribution >= 4 is 23.7 Å². The van der Waals surface area contributed by atoms with Crippen LogP contribution in [0, 0.1) is 12.8 Å². The molecule has 7 nitrogen and oxygen atoms in total. The first kappa shape index (κ1) is 24.2. The molecule has 0 bridgehead atoms. The molecule has 0 radical (unpaired) electrons. The highest BCUT2D eigenvalue weighted by atomic mass is 16.5. The SMILES string of the molecule is Cc1cccc(/C=N/Nc2cc(N3CCOCC3)cc(CCCOC(=O)C3CCCCC3)n2)c1. The molecule has 7 heteroatoms. The number of ether oxygens (including phenoxy) is 2. The second-order valence-corrected chi connectivity index (χ2v) is 9.19. The van der Waals surface area contributed by atoms with Crippen molar-refractivity contribution in [2.45, 2.75) is 51.9 Å². The summed E-state index contributed by atoms with van der Waals surface area (Å²) in [7, 11) is 0. The number of hydrogen-bond acceptors (Lipinski definition) is 7. The average molecular weight is 465 g/mol. The third-order valence-electron chi connectivity index (χ3n) is 6.43. The molecule has 1 aromatic heterocycles. The first-order valence-corrected chi connectivity index (χ1v) is 12.5. The molecular formula is C27H36N4O3. The maximum Gasteiger partial charge on any atom is 0.308 e. The molecule has 1 aromatic carbocycles. The lowest BCUT2D eigenvalue weighted by molar-refractivity contribution is -0.149. The van der Waals surface area contributed by atoms with E-state index < -0.39 is 0 Å². The van der Waals surface area contributed by atoms with E-state index in [1.807, 2.05) is 18.2 Å². The zero-order chi connectivity index (χ0) is 23.6. The van der Waals surface area contributed by atoms with Gasteiger partial charge in [0.2, 0.25) is 0 Å². The highest BCUT2D eigenvalue weighted by molar-refractivity contribution is 5.80. The lowest BCUT2D eigenvalue weighted by Gasteiger charge is -2.29. The highest BCUT2D eigenvalue weighted by Gasteiger charge is 2.22. The van der Waals surface area contributed by atoms with Crippen LogP contribution >= 0.6 is 0 Å². The van der Waals surface area contributed by atoms with Crippen LogP contribution in [0.5, 0.6) is 0 Å². The first-order valence-electron chi connectivity index (χ1n) is 12.5. The fourth-order valence-electron chi connectivity index (χ4n) is 4.57. The van der Waals surface area contributed by atoms with Gasteiger partial charge in [0, 0.05) is 30.5 Å². The van der Waals surface area contributed by atoms with E-state index in [-0.39, 0.29) is 11.9 Å². The standard InChI is InChI=1S/C27H36N4O3/c1-21-7-5-8-22(17-21)20-28-30-26-19-25(31-12-15-33-16-13-31)18-24(29-26)11-6-14-34-27(32)23-9-3-2-4-10-23/h5,7-8,17-20,23H,2-4,6,9-16H2,1H3,(H,29,30)/b28-20+. The Morgan fingerprint density at radius 3 is 2.82 bits per heavy atom.